The molecule has 0 aliphatic heterocycles. The number of Topliss-reactive ketones (excluding diaryl/α,β-unsaturated/α-hetero) is 1. The standard InChI is InChI=1S/C11H20O2/c1-2-3-7-10(12)11(13)8-5-4-6-9-11/h13H,2-9H2,1H3. The number of carbonyl (C=O) groups is 1. The minimum Gasteiger partial charge on any atom is -0.382 e. The number of hydrogen-bond donors (Lipinski definition) is 1. The van der Waals surface area contributed by atoms with Gasteiger partial charge >= 0.3 is 0 Å². The Balaban J connectivity index is 2.42. The Labute approximate surface area is 80.3 Å². The predicted molar refractivity (Wildman–Crippen MR) is 52.6 cm³/mol. The lowest BCUT2D eigenvalue weighted by Gasteiger charge is -2.30. The molecule has 0 aromatic carbocycles. The summed E-state index contributed by atoms with van der Waals surface area (Å²) in [5.41, 5.74) is -0.951. The highest BCUT2D eigenvalue weighted by Crippen LogP contribution is 2.30. The van der Waals surface area contributed by atoms with Crippen molar-refractivity contribution >= 4 is 5.78 Å². The summed E-state index contributed by atoms with van der Waals surface area (Å²) in [4.78, 5) is 11.6. The lowest BCUT2D eigenvalue weighted by Crippen LogP contribution is -2.40. The summed E-state index contributed by atoms with van der Waals surface area (Å²) in [5.74, 6) is 0.0778. The molecule has 0 radical (unpaired) electrons. The van der Waals surface area contributed by atoms with Crippen molar-refractivity contribution < 1.29 is 9.90 Å². The van der Waals surface area contributed by atoms with E-state index in [4.69, 9.17) is 0 Å². The molecule has 0 aromatic heterocycles. The summed E-state index contributed by atoms with van der Waals surface area (Å²) in [6.45, 7) is 2.07. The molecule has 1 N–H and O–H groups in total. The third-order valence-electron chi connectivity index (χ3n) is 2.96. The first-order valence-corrected chi connectivity index (χ1v) is 5.45. The summed E-state index contributed by atoms with van der Waals surface area (Å²) in [5, 5.41) is 10.0. The zero-order valence-electron chi connectivity index (χ0n) is 8.51. The maximum absolute atomic E-state index is 11.6. The zero-order valence-corrected chi connectivity index (χ0v) is 8.51. The highest BCUT2D eigenvalue weighted by Gasteiger charge is 2.35. The Morgan fingerprint density at radius 3 is 2.46 bits per heavy atom. The van der Waals surface area contributed by atoms with E-state index in [9.17, 15) is 9.90 Å². The van der Waals surface area contributed by atoms with E-state index in [0.29, 0.717) is 19.3 Å². The van der Waals surface area contributed by atoms with Gasteiger partial charge in [-0.15, -0.1) is 0 Å². The van der Waals surface area contributed by atoms with Gasteiger partial charge in [-0.05, 0) is 19.3 Å². The minimum atomic E-state index is -0.951. The van der Waals surface area contributed by atoms with E-state index >= 15 is 0 Å². The molecule has 0 heterocycles. The van der Waals surface area contributed by atoms with Crippen LogP contribution in [0.3, 0.4) is 0 Å². The molecular formula is C11H20O2. The number of rotatable bonds is 4. The third kappa shape index (κ3) is 2.80. The lowest BCUT2D eigenvalue weighted by atomic mass is 9.80. The van der Waals surface area contributed by atoms with Gasteiger partial charge in [0.05, 0.1) is 0 Å². The number of carbonyl (C=O) groups excluding carboxylic acids is 1. The maximum atomic E-state index is 11.6. The van der Waals surface area contributed by atoms with Gasteiger partial charge in [0, 0.05) is 6.42 Å². The SMILES string of the molecule is CCCCC(=O)C1(O)CCCCC1. The molecule has 0 bridgehead atoms. The van der Waals surface area contributed by atoms with Crippen molar-refractivity contribution in [1.82, 2.24) is 0 Å². The molecule has 1 aliphatic carbocycles. The van der Waals surface area contributed by atoms with Crippen LogP contribution < -0.4 is 0 Å². The largest absolute Gasteiger partial charge is 0.382 e. The molecule has 2 nitrogen and oxygen atoms in total. The van der Waals surface area contributed by atoms with Crippen molar-refractivity contribution in [3.05, 3.63) is 0 Å². The van der Waals surface area contributed by atoms with Gasteiger partial charge in [0.1, 0.15) is 5.60 Å². The summed E-state index contributed by atoms with van der Waals surface area (Å²) < 4.78 is 0. The van der Waals surface area contributed by atoms with E-state index in [-0.39, 0.29) is 5.78 Å². The van der Waals surface area contributed by atoms with Crippen molar-refractivity contribution in [3.63, 3.8) is 0 Å². The predicted octanol–water partition coefficient (Wildman–Crippen LogP) is 2.44. The summed E-state index contributed by atoms with van der Waals surface area (Å²) in [7, 11) is 0. The molecule has 1 saturated carbocycles. The third-order valence-corrected chi connectivity index (χ3v) is 2.96. The van der Waals surface area contributed by atoms with Crippen LogP contribution in [0.15, 0.2) is 0 Å². The summed E-state index contributed by atoms with van der Waals surface area (Å²) in [6.07, 6.45) is 7.08. The second kappa shape index (κ2) is 4.75. The van der Waals surface area contributed by atoms with E-state index in [1.54, 1.807) is 0 Å². The van der Waals surface area contributed by atoms with Gasteiger partial charge in [-0.25, -0.2) is 0 Å². The summed E-state index contributed by atoms with van der Waals surface area (Å²) >= 11 is 0. The molecule has 1 rings (SSSR count). The molecule has 76 valence electrons. The minimum absolute atomic E-state index is 0.0778. The van der Waals surface area contributed by atoms with Crippen LogP contribution in [0.5, 0.6) is 0 Å². The van der Waals surface area contributed by atoms with Crippen LogP contribution in [-0.4, -0.2) is 16.5 Å². The average molecular weight is 184 g/mol. The van der Waals surface area contributed by atoms with E-state index in [2.05, 4.69) is 6.92 Å². The van der Waals surface area contributed by atoms with Gasteiger partial charge in [-0.3, -0.25) is 4.79 Å². The van der Waals surface area contributed by atoms with Gasteiger partial charge in [0.25, 0.3) is 0 Å². The molecule has 0 amide bonds. The highest BCUT2D eigenvalue weighted by atomic mass is 16.3. The summed E-state index contributed by atoms with van der Waals surface area (Å²) in [6, 6.07) is 0. The van der Waals surface area contributed by atoms with Gasteiger partial charge in [0.2, 0.25) is 0 Å². The number of hydrogen-bond acceptors (Lipinski definition) is 2. The molecule has 0 aromatic rings. The fourth-order valence-electron chi connectivity index (χ4n) is 1.99. The molecule has 0 spiro atoms. The van der Waals surface area contributed by atoms with Crippen LogP contribution in [-0.2, 0) is 4.79 Å². The monoisotopic (exact) mass is 184 g/mol. The molecule has 1 aliphatic rings. The van der Waals surface area contributed by atoms with Crippen LogP contribution in [0.1, 0.15) is 58.3 Å². The Morgan fingerprint density at radius 1 is 1.31 bits per heavy atom. The van der Waals surface area contributed by atoms with Crippen molar-refractivity contribution in [3.8, 4) is 0 Å². The fourth-order valence-corrected chi connectivity index (χ4v) is 1.99. The van der Waals surface area contributed by atoms with Gasteiger partial charge in [-0.2, -0.15) is 0 Å². The quantitative estimate of drug-likeness (QED) is 0.728. The fraction of sp³-hybridized carbons (Fsp3) is 0.909. The van der Waals surface area contributed by atoms with Crippen molar-refractivity contribution in [2.75, 3.05) is 0 Å². The van der Waals surface area contributed by atoms with Crippen LogP contribution in [0, 0.1) is 0 Å². The molecule has 1 fully saturated rings. The Morgan fingerprint density at radius 2 is 1.92 bits per heavy atom. The van der Waals surface area contributed by atoms with Crippen LogP contribution in [0.2, 0.25) is 0 Å². The van der Waals surface area contributed by atoms with Crippen LogP contribution in [0.4, 0.5) is 0 Å². The first kappa shape index (κ1) is 10.7. The Kier molecular flexibility index (Phi) is 3.91. The van der Waals surface area contributed by atoms with Crippen LogP contribution in [0.25, 0.3) is 0 Å². The normalized spacial score (nSPS) is 21.4. The molecular weight excluding hydrogens is 164 g/mol. The van der Waals surface area contributed by atoms with Crippen molar-refractivity contribution in [2.24, 2.45) is 0 Å². The number of aliphatic hydroxyl groups is 1. The van der Waals surface area contributed by atoms with E-state index in [1.165, 1.54) is 6.42 Å². The van der Waals surface area contributed by atoms with E-state index in [1.807, 2.05) is 0 Å². The number of ketones is 1. The van der Waals surface area contributed by atoms with Crippen LogP contribution >= 0.6 is 0 Å². The Hall–Kier alpha value is -0.370. The second-order valence-electron chi connectivity index (χ2n) is 4.12. The molecule has 2 heteroatoms. The smallest absolute Gasteiger partial charge is 0.164 e. The van der Waals surface area contributed by atoms with Crippen molar-refractivity contribution in [1.29, 1.82) is 0 Å². The lowest BCUT2D eigenvalue weighted by molar-refractivity contribution is -0.140. The number of unbranched alkanes of at least 4 members (excludes halogenated alkanes) is 1. The maximum Gasteiger partial charge on any atom is 0.164 e. The Bertz CT molecular complexity index is 169. The molecule has 0 unspecified atom stereocenters. The van der Waals surface area contributed by atoms with Gasteiger partial charge < -0.3 is 5.11 Å². The first-order chi connectivity index (χ1) is 6.19. The van der Waals surface area contributed by atoms with Gasteiger partial charge in [-0.1, -0.05) is 32.6 Å². The highest BCUT2D eigenvalue weighted by molar-refractivity contribution is 5.87. The topological polar surface area (TPSA) is 37.3 Å². The molecule has 0 saturated heterocycles. The average Bonchev–Trinajstić information content (AvgIpc) is 2.15. The van der Waals surface area contributed by atoms with E-state index < -0.39 is 5.60 Å². The van der Waals surface area contributed by atoms with Gasteiger partial charge in [0.15, 0.2) is 5.78 Å². The van der Waals surface area contributed by atoms with E-state index in [0.717, 1.165) is 25.7 Å². The molecule has 13 heavy (non-hydrogen) atoms. The zero-order chi connectivity index (χ0) is 9.73. The molecule has 0 atom stereocenters. The van der Waals surface area contributed by atoms with Crippen molar-refractivity contribution in [2.45, 2.75) is 63.9 Å². The second-order valence-corrected chi connectivity index (χ2v) is 4.12. The first-order valence-electron chi connectivity index (χ1n) is 5.45.